The highest BCUT2D eigenvalue weighted by Crippen LogP contribution is 2.15. The molecule has 4 nitrogen and oxygen atoms in total. The van der Waals surface area contributed by atoms with Gasteiger partial charge in [0.2, 0.25) is 0 Å². The first-order valence-corrected chi connectivity index (χ1v) is 7.40. The number of methoxy groups -OCH3 is 1. The molecule has 0 fully saturated rings. The molecule has 2 aromatic carbocycles. The molecule has 0 amide bonds. The minimum atomic E-state index is -0.315. The molecule has 0 spiro atoms. The van der Waals surface area contributed by atoms with Crippen LogP contribution in [0.2, 0.25) is 0 Å². The summed E-state index contributed by atoms with van der Waals surface area (Å²) in [4.78, 5) is 12.3. The quantitative estimate of drug-likeness (QED) is 0.720. The van der Waals surface area contributed by atoms with Gasteiger partial charge in [-0.1, -0.05) is 0 Å². The molecule has 3 rings (SSSR count). The smallest absolute Gasteiger partial charge is 0.255 e. The van der Waals surface area contributed by atoms with Crippen molar-refractivity contribution in [2.24, 2.45) is 0 Å². The Morgan fingerprint density at radius 1 is 0.958 bits per heavy atom. The highest BCUT2D eigenvalue weighted by atomic mass is 19.1. The van der Waals surface area contributed by atoms with Crippen molar-refractivity contribution in [1.29, 1.82) is 0 Å². The third kappa shape index (κ3) is 3.63. The van der Waals surface area contributed by atoms with Crippen molar-refractivity contribution in [2.45, 2.75) is 6.61 Å². The van der Waals surface area contributed by atoms with Crippen LogP contribution in [0.1, 0.15) is 5.56 Å². The SMILES string of the molecule is COc1ccc(-n2ccc(COc3ccc(F)cc3)cc2=O)cc1. The van der Waals surface area contributed by atoms with Gasteiger partial charge in [0.1, 0.15) is 23.9 Å². The summed E-state index contributed by atoms with van der Waals surface area (Å²) < 4.78 is 25.0. The average Bonchev–Trinajstić information content (AvgIpc) is 2.61. The molecule has 122 valence electrons. The van der Waals surface area contributed by atoms with Gasteiger partial charge in [-0.2, -0.15) is 0 Å². The highest BCUT2D eigenvalue weighted by Gasteiger charge is 2.03. The highest BCUT2D eigenvalue weighted by molar-refractivity contribution is 5.38. The van der Waals surface area contributed by atoms with Crippen molar-refractivity contribution >= 4 is 0 Å². The number of nitrogens with zero attached hydrogens (tertiary/aromatic N) is 1. The first kappa shape index (κ1) is 15.8. The molecular weight excluding hydrogens is 309 g/mol. The number of benzene rings is 2. The van der Waals surface area contributed by atoms with E-state index in [2.05, 4.69) is 0 Å². The first-order valence-electron chi connectivity index (χ1n) is 7.40. The van der Waals surface area contributed by atoms with E-state index in [9.17, 15) is 9.18 Å². The van der Waals surface area contributed by atoms with Gasteiger partial charge in [-0.3, -0.25) is 9.36 Å². The number of pyridine rings is 1. The molecule has 0 aliphatic rings. The van der Waals surface area contributed by atoms with Crippen LogP contribution in [0.4, 0.5) is 4.39 Å². The van der Waals surface area contributed by atoms with E-state index >= 15 is 0 Å². The summed E-state index contributed by atoms with van der Waals surface area (Å²) in [6.07, 6.45) is 1.70. The number of ether oxygens (including phenoxy) is 2. The molecule has 0 saturated carbocycles. The van der Waals surface area contributed by atoms with Crippen molar-refractivity contribution in [3.63, 3.8) is 0 Å². The van der Waals surface area contributed by atoms with E-state index < -0.39 is 0 Å². The molecule has 5 heteroatoms. The second-order valence-corrected chi connectivity index (χ2v) is 5.18. The molecular formula is C19H16FNO3. The van der Waals surface area contributed by atoms with Crippen LogP contribution < -0.4 is 15.0 Å². The van der Waals surface area contributed by atoms with Gasteiger partial charge in [-0.05, 0) is 60.2 Å². The number of rotatable bonds is 5. The molecule has 0 aliphatic heterocycles. The summed E-state index contributed by atoms with van der Waals surface area (Å²) in [6, 6.07) is 16.3. The van der Waals surface area contributed by atoms with Crippen molar-refractivity contribution in [3.8, 4) is 17.2 Å². The van der Waals surface area contributed by atoms with Gasteiger partial charge in [-0.15, -0.1) is 0 Å². The topological polar surface area (TPSA) is 40.5 Å². The maximum absolute atomic E-state index is 12.8. The molecule has 1 heterocycles. The first-order chi connectivity index (χ1) is 11.7. The van der Waals surface area contributed by atoms with E-state index in [0.29, 0.717) is 5.75 Å². The third-order valence-corrected chi connectivity index (χ3v) is 3.55. The average molecular weight is 325 g/mol. The van der Waals surface area contributed by atoms with Crippen LogP contribution in [-0.4, -0.2) is 11.7 Å². The Labute approximate surface area is 138 Å². The Balaban J connectivity index is 1.74. The third-order valence-electron chi connectivity index (χ3n) is 3.55. The van der Waals surface area contributed by atoms with Gasteiger partial charge in [0.05, 0.1) is 7.11 Å². The zero-order valence-electron chi connectivity index (χ0n) is 13.1. The maximum atomic E-state index is 12.8. The summed E-state index contributed by atoms with van der Waals surface area (Å²) in [7, 11) is 1.59. The Hall–Kier alpha value is -3.08. The molecule has 3 aromatic rings. The van der Waals surface area contributed by atoms with Gasteiger partial charge in [0.25, 0.3) is 5.56 Å². The van der Waals surface area contributed by atoms with Gasteiger partial charge < -0.3 is 9.47 Å². The summed E-state index contributed by atoms with van der Waals surface area (Å²) in [5.74, 6) is 0.969. The summed E-state index contributed by atoms with van der Waals surface area (Å²) >= 11 is 0. The second-order valence-electron chi connectivity index (χ2n) is 5.18. The van der Waals surface area contributed by atoms with Gasteiger partial charge in [-0.25, -0.2) is 4.39 Å². The summed E-state index contributed by atoms with van der Waals surface area (Å²) in [5, 5.41) is 0. The molecule has 0 saturated heterocycles. The van der Waals surface area contributed by atoms with Gasteiger partial charge in [0.15, 0.2) is 0 Å². The largest absolute Gasteiger partial charge is 0.497 e. The van der Waals surface area contributed by atoms with Crippen LogP contribution in [0, 0.1) is 5.82 Å². The van der Waals surface area contributed by atoms with Crippen LogP contribution in [-0.2, 0) is 6.61 Å². The lowest BCUT2D eigenvalue weighted by Crippen LogP contribution is -2.17. The van der Waals surface area contributed by atoms with E-state index in [1.54, 1.807) is 42.1 Å². The molecule has 24 heavy (non-hydrogen) atoms. The Morgan fingerprint density at radius 2 is 1.62 bits per heavy atom. The van der Waals surface area contributed by atoms with Crippen LogP contribution in [0.5, 0.6) is 11.5 Å². The predicted molar refractivity (Wildman–Crippen MR) is 89.3 cm³/mol. The Kier molecular flexibility index (Phi) is 4.61. The molecule has 0 bridgehead atoms. The lowest BCUT2D eigenvalue weighted by Gasteiger charge is -2.09. The number of aromatic nitrogens is 1. The molecule has 1 aromatic heterocycles. The van der Waals surface area contributed by atoms with Crippen molar-refractivity contribution in [1.82, 2.24) is 4.57 Å². The Morgan fingerprint density at radius 3 is 2.25 bits per heavy atom. The number of hydrogen-bond donors (Lipinski definition) is 0. The van der Waals surface area contributed by atoms with Crippen LogP contribution in [0.3, 0.4) is 0 Å². The van der Waals surface area contributed by atoms with E-state index in [1.165, 1.54) is 18.2 Å². The van der Waals surface area contributed by atoms with Crippen molar-refractivity contribution < 1.29 is 13.9 Å². The molecule has 0 atom stereocenters. The van der Waals surface area contributed by atoms with Crippen LogP contribution in [0.25, 0.3) is 5.69 Å². The summed E-state index contributed by atoms with van der Waals surface area (Å²) in [6.45, 7) is 0.240. The summed E-state index contributed by atoms with van der Waals surface area (Å²) in [5.41, 5.74) is 1.35. The lowest BCUT2D eigenvalue weighted by atomic mass is 10.2. The molecule has 0 unspecified atom stereocenters. The Bertz CT molecular complexity index is 870. The zero-order valence-corrected chi connectivity index (χ0v) is 13.1. The van der Waals surface area contributed by atoms with Crippen LogP contribution >= 0.6 is 0 Å². The zero-order chi connectivity index (χ0) is 16.9. The van der Waals surface area contributed by atoms with Crippen molar-refractivity contribution in [3.05, 3.63) is 88.6 Å². The monoisotopic (exact) mass is 325 g/mol. The van der Waals surface area contributed by atoms with E-state index in [1.807, 2.05) is 18.2 Å². The molecule has 0 aliphatic carbocycles. The lowest BCUT2D eigenvalue weighted by molar-refractivity contribution is 0.305. The maximum Gasteiger partial charge on any atom is 0.255 e. The van der Waals surface area contributed by atoms with Gasteiger partial charge in [0, 0.05) is 18.0 Å². The number of hydrogen-bond acceptors (Lipinski definition) is 3. The van der Waals surface area contributed by atoms with Crippen LogP contribution in [0.15, 0.2) is 71.7 Å². The minimum Gasteiger partial charge on any atom is -0.497 e. The second kappa shape index (κ2) is 7.00. The van der Waals surface area contributed by atoms with E-state index in [-0.39, 0.29) is 18.0 Å². The normalized spacial score (nSPS) is 10.4. The predicted octanol–water partition coefficient (Wildman–Crippen LogP) is 3.56. The van der Waals surface area contributed by atoms with E-state index in [0.717, 1.165) is 17.0 Å². The van der Waals surface area contributed by atoms with E-state index in [4.69, 9.17) is 9.47 Å². The fourth-order valence-corrected chi connectivity index (χ4v) is 2.26. The molecule has 0 radical (unpaired) electrons. The van der Waals surface area contributed by atoms with Crippen molar-refractivity contribution in [2.75, 3.05) is 7.11 Å². The fraction of sp³-hybridized carbons (Fsp3) is 0.105. The number of halogens is 1. The standard InChI is InChI=1S/C19H16FNO3/c1-23-17-8-4-16(5-9-17)21-11-10-14(12-19(21)22)13-24-18-6-2-15(20)3-7-18/h2-12H,13H2,1H3. The molecule has 0 N–H and O–H groups in total. The van der Waals surface area contributed by atoms with Gasteiger partial charge >= 0.3 is 0 Å². The minimum absolute atomic E-state index is 0.152. The fourth-order valence-electron chi connectivity index (χ4n) is 2.26.